The van der Waals surface area contributed by atoms with Crippen LogP contribution >= 0.6 is 12.2 Å². The quantitative estimate of drug-likeness (QED) is 0.761. The summed E-state index contributed by atoms with van der Waals surface area (Å²) in [5, 5.41) is 0. The summed E-state index contributed by atoms with van der Waals surface area (Å²) in [5.74, 6) is 0.806. The Morgan fingerprint density at radius 1 is 1.41 bits per heavy atom. The summed E-state index contributed by atoms with van der Waals surface area (Å²) in [4.78, 5) is 13.4. The molecule has 1 saturated heterocycles. The highest BCUT2D eigenvalue weighted by atomic mass is 32.1. The molecule has 1 aromatic rings. The molecule has 0 radical (unpaired) electrons. The number of hydrogen-bond donors (Lipinski definition) is 1. The summed E-state index contributed by atoms with van der Waals surface area (Å²) < 4.78 is 0. The molecule has 5 nitrogen and oxygen atoms in total. The second-order valence-corrected chi connectivity index (χ2v) is 4.84. The molecule has 6 heteroatoms. The molecule has 0 bridgehead atoms. The minimum atomic E-state index is 0.305. The predicted molar refractivity (Wildman–Crippen MR) is 72.2 cm³/mol. The standard InChI is InChI=1S/C11H17N5S/c1-8-7-15(2)5-6-16(8)11-9(10(12)17)13-3-4-14-11/h3-4,8H,5-7H2,1-2H3,(H2,12,17). The van der Waals surface area contributed by atoms with E-state index in [4.69, 9.17) is 18.0 Å². The predicted octanol–water partition coefficient (Wildman–Crippen LogP) is 0.251. The lowest BCUT2D eigenvalue weighted by Crippen LogP contribution is -2.51. The van der Waals surface area contributed by atoms with Gasteiger partial charge in [-0.25, -0.2) is 9.97 Å². The molecule has 0 aromatic carbocycles. The number of rotatable bonds is 2. The van der Waals surface area contributed by atoms with Gasteiger partial charge in [-0.2, -0.15) is 0 Å². The number of likely N-dealkylation sites (N-methyl/N-ethyl adjacent to an activating group) is 1. The maximum absolute atomic E-state index is 5.69. The molecule has 0 spiro atoms. The Morgan fingerprint density at radius 2 is 2.12 bits per heavy atom. The molecule has 1 aliphatic rings. The van der Waals surface area contributed by atoms with Gasteiger partial charge in [0.2, 0.25) is 0 Å². The van der Waals surface area contributed by atoms with Crippen molar-refractivity contribution < 1.29 is 0 Å². The van der Waals surface area contributed by atoms with Crippen LogP contribution in [0.1, 0.15) is 12.6 Å². The highest BCUT2D eigenvalue weighted by Gasteiger charge is 2.25. The summed E-state index contributed by atoms with van der Waals surface area (Å²) >= 11 is 5.02. The molecule has 2 heterocycles. The van der Waals surface area contributed by atoms with Gasteiger partial charge in [0.1, 0.15) is 10.7 Å². The van der Waals surface area contributed by atoms with E-state index in [1.807, 2.05) is 0 Å². The van der Waals surface area contributed by atoms with E-state index in [1.54, 1.807) is 12.4 Å². The van der Waals surface area contributed by atoms with Gasteiger partial charge in [0.05, 0.1) is 0 Å². The topological polar surface area (TPSA) is 58.3 Å². The maximum Gasteiger partial charge on any atom is 0.157 e. The van der Waals surface area contributed by atoms with Gasteiger partial charge >= 0.3 is 0 Å². The zero-order valence-corrected chi connectivity index (χ0v) is 10.9. The number of hydrogen-bond acceptors (Lipinski definition) is 5. The highest BCUT2D eigenvalue weighted by molar-refractivity contribution is 7.80. The van der Waals surface area contributed by atoms with Crippen molar-refractivity contribution in [1.82, 2.24) is 14.9 Å². The summed E-state index contributed by atoms with van der Waals surface area (Å²) in [6.07, 6.45) is 3.31. The molecule has 0 amide bonds. The summed E-state index contributed by atoms with van der Waals surface area (Å²) in [6, 6.07) is 0.388. The fourth-order valence-electron chi connectivity index (χ4n) is 2.17. The van der Waals surface area contributed by atoms with Crippen molar-refractivity contribution >= 4 is 23.0 Å². The van der Waals surface area contributed by atoms with Gasteiger partial charge in [-0.1, -0.05) is 12.2 Å². The Hall–Kier alpha value is -1.27. The zero-order valence-electron chi connectivity index (χ0n) is 10.1. The van der Waals surface area contributed by atoms with Crippen LogP contribution in [0.2, 0.25) is 0 Å². The fraction of sp³-hybridized carbons (Fsp3) is 0.545. The zero-order chi connectivity index (χ0) is 12.4. The van der Waals surface area contributed by atoms with Crippen LogP contribution in [0.15, 0.2) is 12.4 Å². The largest absolute Gasteiger partial charge is 0.388 e. The van der Waals surface area contributed by atoms with E-state index in [0.717, 1.165) is 25.5 Å². The summed E-state index contributed by atoms with van der Waals surface area (Å²) in [7, 11) is 2.12. The number of thiocarbonyl (C=S) groups is 1. The Morgan fingerprint density at radius 3 is 2.76 bits per heavy atom. The van der Waals surface area contributed by atoms with E-state index in [1.165, 1.54) is 0 Å². The van der Waals surface area contributed by atoms with E-state index in [9.17, 15) is 0 Å². The van der Waals surface area contributed by atoms with Gasteiger partial charge in [-0.05, 0) is 14.0 Å². The average Bonchev–Trinajstić information content (AvgIpc) is 2.29. The van der Waals surface area contributed by atoms with Crippen LogP contribution in [0, 0.1) is 0 Å². The molecule has 0 aliphatic carbocycles. The first-order chi connectivity index (χ1) is 8.09. The first-order valence-corrected chi connectivity index (χ1v) is 6.06. The number of piperazine rings is 1. The minimum absolute atomic E-state index is 0.305. The van der Waals surface area contributed by atoms with Gasteiger partial charge < -0.3 is 15.5 Å². The molecular formula is C11H17N5S. The van der Waals surface area contributed by atoms with E-state index < -0.39 is 0 Å². The Kier molecular flexibility index (Phi) is 3.54. The third kappa shape index (κ3) is 2.53. The smallest absolute Gasteiger partial charge is 0.157 e. The van der Waals surface area contributed by atoms with Crippen LogP contribution in [0.3, 0.4) is 0 Å². The van der Waals surface area contributed by atoms with Gasteiger partial charge in [-0.3, -0.25) is 0 Å². The summed E-state index contributed by atoms with van der Waals surface area (Å²) in [5.41, 5.74) is 6.31. The lowest BCUT2D eigenvalue weighted by molar-refractivity contribution is 0.274. The number of nitrogens with zero attached hydrogens (tertiary/aromatic N) is 4. The van der Waals surface area contributed by atoms with Crippen molar-refractivity contribution in [3.63, 3.8) is 0 Å². The van der Waals surface area contributed by atoms with E-state index >= 15 is 0 Å². The van der Waals surface area contributed by atoms with Crippen molar-refractivity contribution in [2.24, 2.45) is 5.73 Å². The molecule has 0 saturated carbocycles. The second kappa shape index (κ2) is 4.93. The van der Waals surface area contributed by atoms with E-state index in [0.29, 0.717) is 16.7 Å². The molecule has 1 fully saturated rings. The van der Waals surface area contributed by atoms with Gasteiger partial charge in [0.15, 0.2) is 5.82 Å². The summed E-state index contributed by atoms with van der Waals surface area (Å²) in [6.45, 7) is 5.12. The van der Waals surface area contributed by atoms with Crippen LogP contribution in [-0.4, -0.2) is 52.6 Å². The Balaban J connectivity index is 2.30. The first kappa shape index (κ1) is 12.2. The third-order valence-corrected chi connectivity index (χ3v) is 3.21. The Labute approximate surface area is 107 Å². The molecule has 2 rings (SSSR count). The van der Waals surface area contributed by atoms with Crippen molar-refractivity contribution in [2.45, 2.75) is 13.0 Å². The minimum Gasteiger partial charge on any atom is -0.388 e. The van der Waals surface area contributed by atoms with Gasteiger partial charge in [0, 0.05) is 38.1 Å². The molecule has 1 aliphatic heterocycles. The molecule has 1 atom stereocenters. The molecule has 2 N–H and O–H groups in total. The monoisotopic (exact) mass is 251 g/mol. The second-order valence-electron chi connectivity index (χ2n) is 4.40. The van der Waals surface area contributed by atoms with Crippen LogP contribution in [0.25, 0.3) is 0 Å². The van der Waals surface area contributed by atoms with Crippen molar-refractivity contribution in [2.75, 3.05) is 31.6 Å². The molecule has 1 unspecified atom stereocenters. The average molecular weight is 251 g/mol. The SMILES string of the molecule is CC1CN(C)CCN1c1nccnc1C(N)=S. The van der Waals surface area contributed by atoms with Crippen molar-refractivity contribution in [3.05, 3.63) is 18.1 Å². The normalized spacial score (nSPS) is 21.5. The van der Waals surface area contributed by atoms with E-state index in [2.05, 4.69) is 33.7 Å². The lowest BCUT2D eigenvalue weighted by Gasteiger charge is -2.39. The highest BCUT2D eigenvalue weighted by Crippen LogP contribution is 2.20. The molecule has 1 aromatic heterocycles. The van der Waals surface area contributed by atoms with Crippen LogP contribution in [0.5, 0.6) is 0 Å². The molecular weight excluding hydrogens is 234 g/mol. The van der Waals surface area contributed by atoms with Gasteiger partial charge in [0.25, 0.3) is 0 Å². The molecule has 17 heavy (non-hydrogen) atoms. The number of anilines is 1. The number of aromatic nitrogens is 2. The molecule has 92 valence electrons. The maximum atomic E-state index is 5.69. The Bertz CT molecular complexity index is 422. The van der Waals surface area contributed by atoms with E-state index in [-0.39, 0.29) is 0 Å². The lowest BCUT2D eigenvalue weighted by atomic mass is 10.2. The van der Waals surface area contributed by atoms with Crippen molar-refractivity contribution in [3.8, 4) is 0 Å². The number of nitrogens with two attached hydrogens (primary N) is 1. The fourth-order valence-corrected chi connectivity index (χ4v) is 2.31. The first-order valence-electron chi connectivity index (χ1n) is 5.65. The van der Waals surface area contributed by atoms with Crippen LogP contribution in [0.4, 0.5) is 5.82 Å². The third-order valence-electron chi connectivity index (χ3n) is 3.01. The van der Waals surface area contributed by atoms with Gasteiger partial charge in [-0.15, -0.1) is 0 Å². The van der Waals surface area contributed by atoms with Crippen LogP contribution < -0.4 is 10.6 Å². The van der Waals surface area contributed by atoms with Crippen LogP contribution in [-0.2, 0) is 0 Å². The van der Waals surface area contributed by atoms with Crippen molar-refractivity contribution in [1.29, 1.82) is 0 Å².